The van der Waals surface area contributed by atoms with Crippen LogP contribution in [0.1, 0.15) is 37.9 Å². The van der Waals surface area contributed by atoms with E-state index in [-0.39, 0.29) is 5.91 Å². The number of ether oxygens (including phenoxy) is 1. The third-order valence-corrected chi connectivity index (χ3v) is 5.46. The fourth-order valence-corrected chi connectivity index (χ4v) is 3.52. The molecule has 2 heterocycles. The van der Waals surface area contributed by atoms with Crippen LogP contribution in [0.4, 0.5) is 0 Å². The molecule has 0 spiro atoms. The Labute approximate surface area is 147 Å². The van der Waals surface area contributed by atoms with Crippen molar-refractivity contribution in [1.82, 2.24) is 9.80 Å². The van der Waals surface area contributed by atoms with Crippen LogP contribution in [0.3, 0.4) is 0 Å². The number of carbonyl (C=O) groups is 1. The summed E-state index contributed by atoms with van der Waals surface area (Å²) < 4.78 is 6.04. The van der Waals surface area contributed by atoms with Crippen molar-refractivity contribution in [3.05, 3.63) is 41.1 Å². The van der Waals surface area contributed by atoms with Gasteiger partial charge in [-0.15, -0.1) is 0 Å². The van der Waals surface area contributed by atoms with Crippen molar-refractivity contribution in [2.45, 2.75) is 38.0 Å². The van der Waals surface area contributed by atoms with Crippen molar-refractivity contribution in [2.24, 2.45) is 0 Å². The highest BCUT2D eigenvalue weighted by molar-refractivity contribution is 5.90. The van der Waals surface area contributed by atoms with Crippen molar-refractivity contribution < 1.29 is 14.6 Å². The predicted octanol–water partition coefficient (Wildman–Crippen LogP) is 1.81. The molecule has 0 aliphatic carbocycles. The van der Waals surface area contributed by atoms with Crippen molar-refractivity contribution in [1.29, 1.82) is 5.26 Å². The first-order valence-electron chi connectivity index (χ1n) is 8.22. The van der Waals surface area contributed by atoms with E-state index >= 15 is 0 Å². The largest absolute Gasteiger partial charge is 0.484 e. The molecule has 2 atom stereocenters. The molecule has 0 saturated carbocycles. The maximum Gasteiger partial charge on any atom is 0.248 e. The zero-order valence-corrected chi connectivity index (χ0v) is 15.2. The number of fused-ring (bicyclic) bond motifs is 1. The third kappa shape index (κ3) is 2.56. The number of carbonyl (C=O) groups excluding carboxylic acids is 1. The Morgan fingerprint density at radius 2 is 2.08 bits per heavy atom. The molecular formula is C19H23N3O3. The Morgan fingerprint density at radius 3 is 2.64 bits per heavy atom. The first kappa shape index (κ1) is 17.3. The molecule has 1 N–H and O–H groups in total. The van der Waals surface area contributed by atoms with E-state index in [0.717, 1.165) is 11.3 Å². The molecule has 0 saturated heterocycles. The average molecular weight is 341 g/mol. The monoisotopic (exact) mass is 341 g/mol. The molecular weight excluding hydrogens is 318 g/mol. The summed E-state index contributed by atoms with van der Waals surface area (Å²) in [5.41, 5.74) is -0.0156. The van der Waals surface area contributed by atoms with E-state index in [9.17, 15) is 15.2 Å². The van der Waals surface area contributed by atoms with E-state index in [0.29, 0.717) is 17.9 Å². The number of rotatable bonds is 2. The molecule has 1 amide bonds. The van der Waals surface area contributed by atoms with Crippen LogP contribution < -0.4 is 4.74 Å². The van der Waals surface area contributed by atoms with Gasteiger partial charge >= 0.3 is 0 Å². The number of nitrogens with zero attached hydrogens (tertiary/aromatic N) is 3. The van der Waals surface area contributed by atoms with Crippen LogP contribution >= 0.6 is 0 Å². The maximum absolute atomic E-state index is 11.9. The average Bonchev–Trinajstić information content (AvgIpc) is 2.87. The van der Waals surface area contributed by atoms with E-state index in [4.69, 9.17) is 4.74 Å². The smallest absolute Gasteiger partial charge is 0.248 e. The Balaban J connectivity index is 2.14. The lowest BCUT2D eigenvalue weighted by atomic mass is 9.74. The van der Waals surface area contributed by atoms with Gasteiger partial charge < -0.3 is 19.6 Å². The second-order valence-corrected chi connectivity index (χ2v) is 7.47. The molecule has 3 rings (SSSR count). The highest BCUT2D eigenvalue weighted by atomic mass is 16.5. The van der Waals surface area contributed by atoms with Gasteiger partial charge in [-0.05, 0) is 39.0 Å². The second-order valence-electron chi connectivity index (χ2n) is 7.47. The van der Waals surface area contributed by atoms with Gasteiger partial charge in [-0.25, -0.2) is 0 Å². The minimum absolute atomic E-state index is 0.0567. The van der Waals surface area contributed by atoms with Gasteiger partial charge in [0.05, 0.1) is 24.2 Å². The molecule has 1 aromatic rings. The highest BCUT2D eigenvalue weighted by Crippen LogP contribution is 2.49. The fourth-order valence-electron chi connectivity index (χ4n) is 3.52. The topological polar surface area (TPSA) is 76.8 Å². The quantitative estimate of drug-likeness (QED) is 0.888. The van der Waals surface area contributed by atoms with Crippen LogP contribution in [0, 0.1) is 11.3 Å². The summed E-state index contributed by atoms with van der Waals surface area (Å²) in [6, 6.07) is 6.91. The molecule has 2 aliphatic rings. The van der Waals surface area contributed by atoms with Gasteiger partial charge in [0.25, 0.3) is 0 Å². The maximum atomic E-state index is 11.9. The summed E-state index contributed by atoms with van der Waals surface area (Å²) in [4.78, 5) is 15.4. The summed E-state index contributed by atoms with van der Waals surface area (Å²) in [7, 11) is 3.61. The van der Waals surface area contributed by atoms with E-state index in [1.54, 1.807) is 43.1 Å². The lowest BCUT2D eigenvalue weighted by Gasteiger charge is -2.52. The number of hydrogen-bond acceptors (Lipinski definition) is 5. The number of aliphatic hydroxyl groups is 1. The van der Waals surface area contributed by atoms with Gasteiger partial charge in [-0.2, -0.15) is 5.26 Å². The molecule has 25 heavy (non-hydrogen) atoms. The second kappa shape index (κ2) is 5.50. The van der Waals surface area contributed by atoms with E-state index in [1.807, 2.05) is 25.8 Å². The molecule has 0 bridgehead atoms. The minimum atomic E-state index is -1.24. The van der Waals surface area contributed by atoms with Crippen LogP contribution in [0.15, 0.2) is 30.0 Å². The molecule has 132 valence electrons. The molecule has 0 aromatic heterocycles. The van der Waals surface area contributed by atoms with Crippen LogP contribution in [-0.2, 0) is 4.79 Å². The summed E-state index contributed by atoms with van der Waals surface area (Å²) in [5, 5.41) is 20.6. The standard InChI is InChI=1S/C19H23N3O3/c1-18(2)19(3,24)17(22(5)13-9-16(23)21(4)11-13)14-8-12(10-20)6-7-15(14)25-18/h6-9,17,24H,11H2,1-5H3. The summed E-state index contributed by atoms with van der Waals surface area (Å²) >= 11 is 0. The van der Waals surface area contributed by atoms with E-state index in [1.165, 1.54) is 0 Å². The van der Waals surface area contributed by atoms with Gasteiger partial charge in [-0.3, -0.25) is 4.79 Å². The summed E-state index contributed by atoms with van der Waals surface area (Å²) in [5.74, 6) is 0.587. The zero-order valence-electron chi connectivity index (χ0n) is 15.2. The number of hydrogen-bond donors (Lipinski definition) is 1. The predicted molar refractivity (Wildman–Crippen MR) is 92.7 cm³/mol. The number of benzene rings is 1. The number of amides is 1. The Kier molecular flexibility index (Phi) is 3.81. The fraction of sp³-hybridized carbons (Fsp3) is 0.474. The van der Waals surface area contributed by atoms with E-state index < -0.39 is 17.2 Å². The summed E-state index contributed by atoms with van der Waals surface area (Å²) in [6.45, 7) is 5.90. The lowest BCUT2D eigenvalue weighted by Crippen LogP contribution is -2.61. The van der Waals surface area contributed by atoms with Crippen LogP contribution in [-0.4, -0.2) is 52.7 Å². The third-order valence-electron chi connectivity index (χ3n) is 5.46. The summed E-state index contributed by atoms with van der Waals surface area (Å²) in [6.07, 6.45) is 1.59. The highest BCUT2D eigenvalue weighted by Gasteiger charge is 2.54. The van der Waals surface area contributed by atoms with Crippen molar-refractivity contribution in [2.75, 3.05) is 20.6 Å². The van der Waals surface area contributed by atoms with Crippen LogP contribution in [0.2, 0.25) is 0 Å². The zero-order chi connectivity index (χ0) is 18.6. The molecule has 0 fully saturated rings. The molecule has 1 aromatic carbocycles. The van der Waals surface area contributed by atoms with Gasteiger partial charge in [0.15, 0.2) is 0 Å². The van der Waals surface area contributed by atoms with Gasteiger partial charge in [-0.1, -0.05) is 0 Å². The van der Waals surface area contributed by atoms with Gasteiger partial charge in [0.1, 0.15) is 17.0 Å². The van der Waals surface area contributed by atoms with Crippen molar-refractivity contribution >= 4 is 5.91 Å². The molecule has 0 radical (unpaired) electrons. The normalized spacial score (nSPS) is 27.2. The number of nitriles is 1. The van der Waals surface area contributed by atoms with E-state index in [2.05, 4.69) is 6.07 Å². The van der Waals surface area contributed by atoms with Gasteiger partial charge in [0, 0.05) is 31.4 Å². The molecule has 6 heteroatoms. The lowest BCUT2D eigenvalue weighted by molar-refractivity contribution is -0.157. The Hall–Kier alpha value is -2.52. The van der Waals surface area contributed by atoms with Gasteiger partial charge in [0.2, 0.25) is 5.91 Å². The Bertz CT molecular complexity index is 805. The van der Waals surface area contributed by atoms with Crippen LogP contribution in [0.5, 0.6) is 5.75 Å². The Morgan fingerprint density at radius 1 is 1.40 bits per heavy atom. The molecule has 2 aliphatic heterocycles. The van der Waals surface area contributed by atoms with Crippen LogP contribution in [0.25, 0.3) is 0 Å². The molecule has 6 nitrogen and oxygen atoms in total. The number of likely N-dealkylation sites (N-methyl/N-ethyl adjacent to an activating group) is 2. The minimum Gasteiger partial charge on any atom is -0.484 e. The van der Waals surface area contributed by atoms with Crippen molar-refractivity contribution in [3.63, 3.8) is 0 Å². The first-order chi connectivity index (χ1) is 11.6. The van der Waals surface area contributed by atoms with Crippen molar-refractivity contribution in [3.8, 4) is 11.8 Å². The molecule has 2 unspecified atom stereocenters. The SMILES string of the molecule is CN1CC(N(C)C2c3cc(C#N)ccc3OC(C)(C)C2(C)O)=CC1=O. The first-order valence-corrected chi connectivity index (χ1v) is 8.22.